The number of carbonyl (C=O) groups excluding carboxylic acids is 2. The molecular formula is C26H25Cl2N3O4. The number of hydrogen-bond acceptors (Lipinski definition) is 5. The summed E-state index contributed by atoms with van der Waals surface area (Å²) in [6, 6.07) is 16.1. The number of hydrogen-bond donors (Lipinski definition) is 2. The number of benzene rings is 3. The molecule has 0 spiro atoms. The molecule has 3 rings (SSSR count). The van der Waals surface area contributed by atoms with Gasteiger partial charge in [-0.25, -0.2) is 5.43 Å². The largest absolute Gasteiger partial charge is 0.490 e. The van der Waals surface area contributed by atoms with Crippen LogP contribution in [0.3, 0.4) is 0 Å². The van der Waals surface area contributed by atoms with Crippen LogP contribution in [0.5, 0.6) is 11.5 Å². The van der Waals surface area contributed by atoms with E-state index in [9.17, 15) is 9.59 Å². The molecule has 0 saturated carbocycles. The molecule has 0 aromatic heterocycles. The number of ether oxygens (including phenoxy) is 2. The molecule has 0 aliphatic carbocycles. The van der Waals surface area contributed by atoms with E-state index in [0.717, 1.165) is 16.7 Å². The summed E-state index contributed by atoms with van der Waals surface area (Å²) in [4.78, 5) is 24.4. The van der Waals surface area contributed by atoms with Crippen LogP contribution in [0.15, 0.2) is 59.7 Å². The van der Waals surface area contributed by atoms with Gasteiger partial charge in [-0.05, 0) is 73.4 Å². The average Bonchev–Trinajstić information content (AvgIpc) is 2.83. The Hall–Kier alpha value is -3.55. The van der Waals surface area contributed by atoms with Crippen molar-refractivity contribution >= 4 is 46.9 Å². The Labute approximate surface area is 214 Å². The summed E-state index contributed by atoms with van der Waals surface area (Å²) < 4.78 is 11.6. The van der Waals surface area contributed by atoms with Gasteiger partial charge in [0.25, 0.3) is 0 Å². The second-order valence-corrected chi connectivity index (χ2v) is 8.41. The van der Waals surface area contributed by atoms with Gasteiger partial charge in [0.2, 0.25) is 0 Å². The van der Waals surface area contributed by atoms with Crippen molar-refractivity contribution in [1.29, 1.82) is 0 Å². The zero-order valence-corrected chi connectivity index (χ0v) is 21.0. The standard InChI is InChI=1S/C26H25Cl2N3O4/c1-4-34-23-13-18(9-11-22(23)35-15-19-8-10-20(27)21(28)12-19)14-29-31-26(33)25(32)30-24-16(2)6-5-7-17(24)3/h5-14H,4,15H2,1-3H3,(H,30,32)(H,31,33)/b29-14-. The second kappa shape index (κ2) is 12.2. The van der Waals surface area contributed by atoms with Crippen molar-refractivity contribution in [1.82, 2.24) is 5.43 Å². The highest BCUT2D eigenvalue weighted by atomic mass is 35.5. The van der Waals surface area contributed by atoms with E-state index in [1.54, 1.807) is 30.3 Å². The molecule has 3 aromatic rings. The Balaban J connectivity index is 1.62. The first-order valence-corrected chi connectivity index (χ1v) is 11.6. The van der Waals surface area contributed by atoms with Crippen LogP contribution >= 0.6 is 23.2 Å². The number of amides is 2. The third-order valence-corrected chi connectivity index (χ3v) is 5.69. The second-order valence-electron chi connectivity index (χ2n) is 7.60. The third kappa shape index (κ3) is 7.21. The molecular weight excluding hydrogens is 489 g/mol. The average molecular weight is 514 g/mol. The molecule has 35 heavy (non-hydrogen) atoms. The first-order chi connectivity index (χ1) is 16.8. The molecule has 0 unspecified atom stereocenters. The van der Waals surface area contributed by atoms with Crippen LogP contribution in [0.4, 0.5) is 5.69 Å². The van der Waals surface area contributed by atoms with Crippen molar-refractivity contribution in [3.05, 3.63) is 86.9 Å². The van der Waals surface area contributed by atoms with Crippen molar-refractivity contribution in [2.24, 2.45) is 5.10 Å². The Morgan fingerprint density at radius 1 is 0.914 bits per heavy atom. The van der Waals surface area contributed by atoms with Gasteiger partial charge < -0.3 is 14.8 Å². The summed E-state index contributed by atoms with van der Waals surface area (Å²) in [6.07, 6.45) is 1.41. The Morgan fingerprint density at radius 2 is 1.66 bits per heavy atom. The molecule has 2 amide bonds. The SMILES string of the molecule is CCOc1cc(/C=N\NC(=O)C(=O)Nc2c(C)cccc2C)ccc1OCc1ccc(Cl)c(Cl)c1. The number of carbonyl (C=O) groups is 2. The summed E-state index contributed by atoms with van der Waals surface area (Å²) in [5, 5.41) is 7.43. The topological polar surface area (TPSA) is 89.0 Å². The van der Waals surface area contributed by atoms with E-state index < -0.39 is 11.8 Å². The van der Waals surface area contributed by atoms with E-state index in [1.807, 2.05) is 45.0 Å². The van der Waals surface area contributed by atoms with Gasteiger partial charge >= 0.3 is 11.8 Å². The lowest BCUT2D eigenvalue weighted by Gasteiger charge is -2.13. The van der Waals surface area contributed by atoms with Crippen LogP contribution < -0.4 is 20.2 Å². The fourth-order valence-corrected chi connectivity index (χ4v) is 3.50. The number of nitrogens with zero attached hydrogens (tertiary/aromatic N) is 1. The van der Waals surface area contributed by atoms with Crippen LogP contribution in [0.2, 0.25) is 10.0 Å². The summed E-state index contributed by atoms with van der Waals surface area (Å²) in [6.45, 7) is 6.27. The maximum Gasteiger partial charge on any atom is 0.329 e. The number of rotatable bonds is 8. The Bertz CT molecular complexity index is 1240. The quantitative estimate of drug-likeness (QED) is 0.230. The highest BCUT2D eigenvalue weighted by Gasteiger charge is 2.15. The first-order valence-electron chi connectivity index (χ1n) is 10.8. The minimum atomic E-state index is -0.879. The van der Waals surface area contributed by atoms with Gasteiger partial charge in [0.15, 0.2) is 11.5 Å². The number of hydrazone groups is 1. The van der Waals surface area contributed by atoms with Gasteiger partial charge in [-0.1, -0.05) is 47.5 Å². The van der Waals surface area contributed by atoms with Crippen molar-refractivity contribution in [2.45, 2.75) is 27.4 Å². The molecule has 0 radical (unpaired) electrons. The van der Waals surface area contributed by atoms with Gasteiger partial charge in [-0.15, -0.1) is 0 Å². The fraction of sp³-hybridized carbons (Fsp3) is 0.192. The van der Waals surface area contributed by atoms with Crippen LogP contribution in [-0.2, 0) is 16.2 Å². The van der Waals surface area contributed by atoms with E-state index in [0.29, 0.717) is 39.4 Å². The van der Waals surface area contributed by atoms with Crippen molar-refractivity contribution < 1.29 is 19.1 Å². The van der Waals surface area contributed by atoms with E-state index in [4.69, 9.17) is 32.7 Å². The van der Waals surface area contributed by atoms with Crippen molar-refractivity contribution in [3.63, 3.8) is 0 Å². The lowest BCUT2D eigenvalue weighted by molar-refractivity contribution is -0.136. The molecule has 0 aliphatic heterocycles. The van der Waals surface area contributed by atoms with E-state index in [2.05, 4.69) is 15.8 Å². The molecule has 3 aromatic carbocycles. The number of para-hydroxylation sites is 1. The summed E-state index contributed by atoms with van der Waals surface area (Å²) >= 11 is 12.0. The number of aryl methyl sites for hydroxylation is 2. The highest BCUT2D eigenvalue weighted by molar-refractivity contribution is 6.42. The van der Waals surface area contributed by atoms with Gasteiger partial charge in [-0.2, -0.15) is 5.10 Å². The molecule has 0 atom stereocenters. The van der Waals surface area contributed by atoms with Crippen LogP contribution in [0.25, 0.3) is 0 Å². The smallest absolute Gasteiger partial charge is 0.329 e. The number of anilines is 1. The predicted octanol–water partition coefficient (Wildman–Crippen LogP) is 5.68. The normalized spacial score (nSPS) is 10.8. The maximum atomic E-state index is 12.2. The predicted molar refractivity (Wildman–Crippen MR) is 139 cm³/mol. The maximum absolute atomic E-state index is 12.2. The van der Waals surface area contributed by atoms with Gasteiger partial charge in [0.1, 0.15) is 6.61 Å². The number of nitrogens with one attached hydrogen (secondary N) is 2. The zero-order valence-electron chi connectivity index (χ0n) is 19.5. The fourth-order valence-electron chi connectivity index (χ4n) is 3.18. The first kappa shape index (κ1) is 26.1. The van der Waals surface area contributed by atoms with Crippen molar-refractivity contribution in [3.8, 4) is 11.5 Å². The van der Waals surface area contributed by atoms with E-state index in [1.165, 1.54) is 6.21 Å². The van der Waals surface area contributed by atoms with Gasteiger partial charge in [-0.3, -0.25) is 9.59 Å². The minimum Gasteiger partial charge on any atom is -0.490 e. The third-order valence-electron chi connectivity index (χ3n) is 4.95. The molecule has 2 N–H and O–H groups in total. The summed E-state index contributed by atoms with van der Waals surface area (Å²) in [5.74, 6) is -0.640. The molecule has 182 valence electrons. The lowest BCUT2D eigenvalue weighted by Crippen LogP contribution is -2.32. The van der Waals surface area contributed by atoms with Crippen LogP contribution in [-0.4, -0.2) is 24.6 Å². The lowest BCUT2D eigenvalue weighted by atomic mass is 10.1. The molecule has 0 bridgehead atoms. The van der Waals surface area contributed by atoms with Crippen LogP contribution in [0, 0.1) is 13.8 Å². The zero-order chi connectivity index (χ0) is 25.4. The summed E-state index contributed by atoms with van der Waals surface area (Å²) in [7, 11) is 0. The van der Waals surface area contributed by atoms with Crippen molar-refractivity contribution in [2.75, 3.05) is 11.9 Å². The van der Waals surface area contributed by atoms with Gasteiger partial charge in [0, 0.05) is 5.69 Å². The van der Waals surface area contributed by atoms with Gasteiger partial charge in [0.05, 0.1) is 22.9 Å². The Kier molecular flexibility index (Phi) is 9.11. The highest BCUT2D eigenvalue weighted by Crippen LogP contribution is 2.30. The van der Waals surface area contributed by atoms with E-state index >= 15 is 0 Å². The summed E-state index contributed by atoms with van der Waals surface area (Å²) in [5.41, 5.74) is 6.06. The molecule has 9 heteroatoms. The molecule has 7 nitrogen and oxygen atoms in total. The molecule has 0 fully saturated rings. The molecule has 0 saturated heterocycles. The number of halogens is 2. The molecule has 0 aliphatic rings. The van der Waals surface area contributed by atoms with E-state index in [-0.39, 0.29) is 6.61 Å². The Morgan fingerprint density at radius 3 is 2.34 bits per heavy atom. The van der Waals surface area contributed by atoms with Crippen LogP contribution in [0.1, 0.15) is 29.2 Å². The monoisotopic (exact) mass is 513 g/mol. The minimum absolute atomic E-state index is 0.274. The molecule has 0 heterocycles.